The molecule has 0 unspecified atom stereocenters. The molecule has 1 atom stereocenters. The zero-order chi connectivity index (χ0) is 26.1. The molecule has 1 aliphatic heterocycles. The van der Waals surface area contributed by atoms with E-state index in [-0.39, 0.29) is 40.8 Å². The monoisotopic (exact) mass is 503 g/mol. The Balaban J connectivity index is 2.08. The van der Waals surface area contributed by atoms with Gasteiger partial charge >= 0.3 is 6.09 Å². The number of hydrogen-bond acceptors (Lipinski definition) is 5. The fraction of sp³-hybridized carbons (Fsp3) is 0.458. The molecule has 190 valence electrons. The van der Waals surface area contributed by atoms with Gasteiger partial charge in [-0.15, -0.1) is 0 Å². The summed E-state index contributed by atoms with van der Waals surface area (Å²) in [5, 5.41) is 16.7. The van der Waals surface area contributed by atoms with Crippen LogP contribution >= 0.6 is 0 Å². The molecule has 2 heterocycles. The van der Waals surface area contributed by atoms with Crippen molar-refractivity contribution in [3.8, 4) is 0 Å². The lowest BCUT2D eigenvalue weighted by Gasteiger charge is -2.28. The van der Waals surface area contributed by atoms with Crippen molar-refractivity contribution >= 4 is 33.3 Å². The number of nitrogens with one attached hydrogen (secondary N) is 2. The molecule has 0 aliphatic carbocycles. The molecule has 0 saturated heterocycles. The maximum absolute atomic E-state index is 13.3. The number of nitrogens with zero attached hydrogens (tertiary/aromatic N) is 3. The van der Waals surface area contributed by atoms with Gasteiger partial charge in [-0.05, 0) is 43.4 Å². The van der Waals surface area contributed by atoms with E-state index in [1.165, 1.54) is 21.7 Å². The second-order valence-corrected chi connectivity index (χ2v) is 11.6. The first-order valence-corrected chi connectivity index (χ1v) is 12.8. The maximum Gasteiger partial charge on any atom is 0.407 e. The van der Waals surface area contributed by atoms with E-state index in [1.54, 1.807) is 25.3 Å². The van der Waals surface area contributed by atoms with Crippen LogP contribution in [0.3, 0.4) is 0 Å². The largest absolute Gasteiger partial charge is 0.465 e. The summed E-state index contributed by atoms with van der Waals surface area (Å²) in [6.07, 6.45) is 1.00. The third-order valence-electron chi connectivity index (χ3n) is 6.26. The van der Waals surface area contributed by atoms with Crippen LogP contribution in [0.2, 0.25) is 0 Å². The van der Waals surface area contributed by atoms with Gasteiger partial charge in [-0.3, -0.25) is 14.2 Å². The second kappa shape index (κ2) is 9.73. The molecular weight excluding hydrogens is 470 g/mol. The minimum Gasteiger partial charge on any atom is -0.465 e. The van der Waals surface area contributed by atoms with Gasteiger partial charge in [0.15, 0.2) is 5.69 Å². The van der Waals surface area contributed by atoms with Crippen molar-refractivity contribution in [2.45, 2.75) is 52.0 Å². The van der Waals surface area contributed by atoms with Crippen molar-refractivity contribution in [1.82, 2.24) is 20.0 Å². The number of carbonyl (C=O) groups is 2. The highest BCUT2D eigenvalue weighted by Crippen LogP contribution is 2.33. The summed E-state index contributed by atoms with van der Waals surface area (Å²) in [6, 6.07) is 6.19. The van der Waals surface area contributed by atoms with Crippen LogP contribution in [0.15, 0.2) is 35.2 Å². The molecular formula is C24H33N5O5S. The van der Waals surface area contributed by atoms with E-state index in [0.717, 1.165) is 5.56 Å². The minimum absolute atomic E-state index is 0.0574. The zero-order valence-corrected chi connectivity index (χ0v) is 21.7. The van der Waals surface area contributed by atoms with E-state index in [2.05, 4.69) is 15.1 Å². The Morgan fingerprint density at radius 1 is 1.17 bits per heavy atom. The summed E-state index contributed by atoms with van der Waals surface area (Å²) >= 11 is 0. The summed E-state index contributed by atoms with van der Waals surface area (Å²) in [5.74, 6) is -0.459. The lowest BCUT2D eigenvalue weighted by molar-refractivity contribution is 0.0901. The first-order chi connectivity index (χ1) is 16.2. The van der Waals surface area contributed by atoms with Crippen LogP contribution in [0, 0.1) is 12.3 Å². The van der Waals surface area contributed by atoms with Crippen molar-refractivity contribution in [2.75, 3.05) is 17.8 Å². The van der Waals surface area contributed by atoms with E-state index in [4.69, 9.17) is 0 Å². The molecule has 10 nitrogen and oxygen atoms in total. The molecule has 35 heavy (non-hydrogen) atoms. The van der Waals surface area contributed by atoms with Crippen LogP contribution in [-0.2, 0) is 17.1 Å². The highest BCUT2D eigenvalue weighted by molar-refractivity contribution is 7.92. The van der Waals surface area contributed by atoms with E-state index in [9.17, 15) is 23.1 Å². The number of aryl methyl sites for hydroxylation is 2. The molecule has 3 rings (SSSR count). The second-order valence-electron chi connectivity index (χ2n) is 9.88. The number of anilines is 1. The van der Waals surface area contributed by atoms with Gasteiger partial charge in [-0.2, -0.15) is 5.10 Å². The summed E-state index contributed by atoms with van der Waals surface area (Å²) in [7, 11) is -2.45. The van der Waals surface area contributed by atoms with Crippen molar-refractivity contribution in [2.24, 2.45) is 12.5 Å². The molecule has 2 aromatic rings. The highest BCUT2D eigenvalue weighted by atomic mass is 32.2. The van der Waals surface area contributed by atoms with Crippen molar-refractivity contribution in [1.29, 1.82) is 0 Å². The van der Waals surface area contributed by atoms with Crippen molar-refractivity contribution < 1.29 is 23.1 Å². The topological polar surface area (TPSA) is 134 Å². The van der Waals surface area contributed by atoms with E-state index in [1.807, 2.05) is 34.6 Å². The van der Waals surface area contributed by atoms with Crippen molar-refractivity contribution in [3.63, 3.8) is 0 Å². The lowest BCUT2D eigenvalue weighted by atomic mass is 9.88. The molecule has 1 aromatic carbocycles. The van der Waals surface area contributed by atoms with Crippen LogP contribution < -0.4 is 10.0 Å². The van der Waals surface area contributed by atoms with E-state index in [0.29, 0.717) is 17.7 Å². The number of benzene rings is 1. The molecule has 0 bridgehead atoms. The fourth-order valence-electron chi connectivity index (χ4n) is 3.56. The first kappa shape index (κ1) is 26.3. The number of carbonyl (C=O) groups excluding carboxylic acids is 1. The summed E-state index contributed by atoms with van der Waals surface area (Å²) in [6.45, 7) is 10.1. The lowest BCUT2D eigenvalue weighted by Crippen LogP contribution is -2.42. The number of amides is 2. The summed E-state index contributed by atoms with van der Waals surface area (Å²) in [5.41, 5.74) is 1.82. The Kier molecular flexibility index (Phi) is 7.30. The van der Waals surface area contributed by atoms with Crippen LogP contribution in [0.4, 0.5) is 10.5 Å². The average molecular weight is 504 g/mol. The van der Waals surface area contributed by atoms with Gasteiger partial charge in [-0.1, -0.05) is 44.5 Å². The summed E-state index contributed by atoms with van der Waals surface area (Å²) < 4.78 is 30.5. The van der Waals surface area contributed by atoms with Gasteiger partial charge < -0.3 is 15.3 Å². The first-order valence-electron chi connectivity index (χ1n) is 11.4. The minimum atomic E-state index is -4.03. The van der Waals surface area contributed by atoms with Gasteiger partial charge in [0.1, 0.15) is 11.4 Å². The van der Waals surface area contributed by atoms with Gasteiger partial charge in [0.05, 0.1) is 4.90 Å². The fourth-order valence-corrected chi connectivity index (χ4v) is 4.63. The molecule has 1 aliphatic rings. The van der Waals surface area contributed by atoms with Crippen LogP contribution in [0.5, 0.6) is 0 Å². The molecule has 3 N–H and O–H groups in total. The Morgan fingerprint density at radius 2 is 1.80 bits per heavy atom. The predicted molar refractivity (Wildman–Crippen MR) is 134 cm³/mol. The standard InChI is InChI=1S/C24H33N5O5S/c1-15-7-9-18(10-8-15)35(33,34)27-20-19(17-11-13-29(14-12-17)23(31)32)26-28(6)21(20)22(30)25-16(2)24(3,4)5/h7-11,16,27H,12-14H2,1-6H3,(H,25,30)(H,31,32)/t16-/m0/s1. The molecule has 1 aromatic heterocycles. The van der Waals surface area contributed by atoms with Gasteiger partial charge in [-0.25, -0.2) is 13.2 Å². The Labute approximate surface area is 206 Å². The molecule has 0 radical (unpaired) electrons. The van der Waals surface area contributed by atoms with Gasteiger partial charge in [0, 0.05) is 26.2 Å². The molecule has 11 heteroatoms. The van der Waals surface area contributed by atoms with Crippen molar-refractivity contribution in [3.05, 3.63) is 47.3 Å². The SMILES string of the molecule is Cc1ccc(S(=O)(=O)Nc2c(C3=CCN(C(=O)O)CC3)nn(C)c2C(=O)N[C@@H](C)C(C)(C)C)cc1. The van der Waals surface area contributed by atoms with Gasteiger partial charge in [0.25, 0.3) is 15.9 Å². The van der Waals surface area contributed by atoms with Crippen LogP contribution in [0.25, 0.3) is 5.57 Å². The van der Waals surface area contributed by atoms with Crippen LogP contribution in [0.1, 0.15) is 55.9 Å². The molecule has 2 amide bonds. The maximum atomic E-state index is 13.3. The number of rotatable bonds is 6. The zero-order valence-electron chi connectivity index (χ0n) is 20.9. The molecule has 0 fully saturated rings. The number of carboxylic acid groups (broad SMARTS) is 1. The van der Waals surface area contributed by atoms with E-state index >= 15 is 0 Å². The number of hydrogen-bond donors (Lipinski definition) is 3. The predicted octanol–water partition coefficient (Wildman–Crippen LogP) is 3.46. The average Bonchev–Trinajstić information content (AvgIpc) is 3.08. The highest BCUT2D eigenvalue weighted by Gasteiger charge is 2.31. The Bertz CT molecular complexity index is 1260. The quantitative estimate of drug-likeness (QED) is 0.553. The number of aromatic nitrogens is 2. The third kappa shape index (κ3) is 5.84. The summed E-state index contributed by atoms with van der Waals surface area (Å²) in [4.78, 5) is 25.9. The van der Waals surface area contributed by atoms with Crippen LogP contribution in [-0.4, -0.2) is 59.3 Å². The number of sulfonamides is 1. The van der Waals surface area contributed by atoms with E-state index < -0.39 is 22.0 Å². The smallest absolute Gasteiger partial charge is 0.407 e. The van der Waals surface area contributed by atoms with Gasteiger partial charge in [0.2, 0.25) is 0 Å². The Hall–Kier alpha value is -3.34. The normalized spacial score (nSPS) is 15.4. The molecule has 0 saturated carbocycles. The molecule has 0 spiro atoms. The third-order valence-corrected chi connectivity index (χ3v) is 7.63. The Morgan fingerprint density at radius 3 is 2.31 bits per heavy atom.